The van der Waals surface area contributed by atoms with Gasteiger partial charge in [0.05, 0.1) is 0 Å². The van der Waals surface area contributed by atoms with Crippen LogP contribution >= 0.6 is 0 Å². The van der Waals surface area contributed by atoms with E-state index in [0.29, 0.717) is 0 Å². The first kappa shape index (κ1) is 10.0. The molecule has 0 fully saturated rings. The van der Waals surface area contributed by atoms with Gasteiger partial charge in [0.2, 0.25) is 0 Å². The van der Waals surface area contributed by atoms with Crippen LogP contribution in [0.3, 0.4) is 0 Å². The second kappa shape index (κ2) is 2.99. The van der Waals surface area contributed by atoms with Gasteiger partial charge in [-0.3, -0.25) is 0 Å². The van der Waals surface area contributed by atoms with Crippen molar-refractivity contribution < 1.29 is 41.2 Å². The molecule has 0 radical (unpaired) electrons. The van der Waals surface area contributed by atoms with Gasteiger partial charge in [0.1, 0.15) is 0 Å². The SMILES string of the molecule is CC(C)(O)O.[H-].[Na+]. The van der Waals surface area contributed by atoms with Gasteiger partial charge in [-0.25, -0.2) is 0 Å². The Labute approximate surface area is 61.0 Å². The van der Waals surface area contributed by atoms with Crippen LogP contribution < -0.4 is 29.6 Å². The maximum Gasteiger partial charge on any atom is 1.00 e. The van der Waals surface area contributed by atoms with Crippen LogP contribution in [0, 0.1) is 0 Å². The first-order chi connectivity index (χ1) is 2.00. The summed E-state index contributed by atoms with van der Waals surface area (Å²) < 4.78 is 0. The van der Waals surface area contributed by atoms with Crippen molar-refractivity contribution >= 4 is 0 Å². The van der Waals surface area contributed by atoms with Crippen molar-refractivity contribution in [1.29, 1.82) is 0 Å². The molecule has 0 aromatic heterocycles. The largest absolute Gasteiger partial charge is 1.00 e. The second-order valence-corrected chi connectivity index (χ2v) is 1.49. The summed E-state index contributed by atoms with van der Waals surface area (Å²) in [5.41, 5.74) is 0. The minimum absolute atomic E-state index is 0. The van der Waals surface area contributed by atoms with Crippen LogP contribution in [0.2, 0.25) is 0 Å². The van der Waals surface area contributed by atoms with Crippen molar-refractivity contribution in [3.8, 4) is 0 Å². The smallest absolute Gasteiger partial charge is 1.00 e. The van der Waals surface area contributed by atoms with E-state index in [0.717, 1.165) is 0 Å². The third-order valence-electron chi connectivity index (χ3n) is 0. The quantitative estimate of drug-likeness (QED) is 0.249. The summed E-state index contributed by atoms with van der Waals surface area (Å²) in [4.78, 5) is 0. The van der Waals surface area contributed by atoms with E-state index in [1.807, 2.05) is 0 Å². The molecule has 3 heteroatoms. The Morgan fingerprint density at radius 1 is 1.33 bits per heavy atom. The van der Waals surface area contributed by atoms with Crippen LogP contribution in [0.15, 0.2) is 0 Å². The topological polar surface area (TPSA) is 40.5 Å². The summed E-state index contributed by atoms with van der Waals surface area (Å²) in [6.45, 7) is 2.60. The Morgan fingerprint density at radius 3 is 1.33 bits per heavy atom. The molecule has 0 atom stereocenters. The molecule has 0 rings (SSSR count). The number of aliphatic hydroxyl groups is 2. The van der Waals surface area contributed by atoms with Crippen LogP contribution in [-0.2, 0) is 0 Å². The molecule has 2 nitrogen and oxygen atoms in total. The van der Waals surface area contributed by atoms with E-state index in [4.69, 9.17) is 10.2 Å². The van der Waals surface area contributed by atoms with Crippen LogP contribution in [0.5, 0.6) is 0 Å². The molecule has 0 aromatic carbocycles. The van der Waals surface area contributed by atoms with Gasteiger partial charge in [-0.15, -0.1) is 0 Å². The van der Waals surface area contributed by atoms with Crippen molar-refractivity contribution in [2.75, 3.05) is 0 Å². The minimum Gasteiger partial charge on any atom is -1.00 e. The molecular weight excluding hydrogens is 91.0 g/mol. The molecule has 0 saturated carbocycles. The van der Waals surface area contributed by atoms with Crippen LogP contribution in [0.1, 0.15) is 15.3 Å². The Balaban J connectivity index is -0.0000000800. The molecule has 2 N–H and O–H groups in total. The molecular formula is C3H9NaO2. The Hall–Kier alpha value is 0.920. The number of rotatable bonds is 0. The zero-order valence-electron chi connectivity index (χ0n) is 5.39. The van der Waals surface area contributed by atoms with E-state index >= 15 is 0 Å². The molecule has 0 aliphatic heterocycles. The van der Waals surface area contributed by atoms with Gasteiger partial charge in [-0.05, 0) is 13.8 Å². The average molecular weight is 100 g/mol. The first-order valence-electron chi connectivity index (χ1n) is 1.45. The van der Waals surface area contributed by atoms with E-state index in [-0.39, 0.29) is 31.0 Å². The van der Waals surface area contributed by atoms with Gasteiger partial charge in [-0.2, -0.15) is 0 Å². The fourth-order valence-electron chi connectivity index (χ4n) is 0. The molecule has 0 amide bonds. The van der Waals surface area contributed by atoms with Gasteiger partial charge >= 0.3 is 29.6 Å². The molecule has 34 valence electrons. The molecule has 0 aliphatic rings. The number of hydrogen-bond acceptors (Lipinski definition) is 2. The van der Waals surface area contributed by atoms with E-state index in [1.54, 1.807) is 0 Å². The summed E-state index contributed by atoms with van der Waals surface area (Å²) in [5, 5.41) is 16.2. The van der Waals surface area contributed by atoms with Crippen molar-refractivity contribution in [1.82, 2.24) is 0 Å². The fourth-order valence-corrected chi connectivity index (χ4v) is 0. The molecule has 0 bridgehead atoms. The van der Waals surface area contributed by atoms with Gasteiger partial charge in [0, 0.05) is 0 Å². The average Bonchev–Trinajstić information content (AvgIpc) is 0.722. The normalized spacial score (nSPS) is 10.0. The molecule has 6 heavy (non-hydrogen) atoms. The fraction of sp³-hybridized carbons (Fsp3) is 1.00. The maximum atomic E-state index is 8.08. The summed E-state index contributed by atoms with van der Waals surface area (Å²) in [7, 11) is 0. The molecule has 0 spiro atoms. The summed E-state index contributed by atoms with van der Waals surface area (Å²) in [6.07, 6.45) is 0. The standard InChI is InChI=1S/C3H8O2.Na.H/c1-3(2,4)5;;/h4-5H,1-2H3;;/q;+1;-1. The predicted octanol–water partition coefficient (Wildman–Crippen LogP) is -3.18. The monoisotopic (exact) mass is 100 g/mol. The zero-order chi connectivity index (χ0) is 4.50. The third-order valence-corrected chi connectivity index (χ3v) is 0. The molecule has 0 heterocycles. The zero-order valence-corrected chi connectivity index (χ0v) is 6.39. The summed E-state index contributed by atoms with van der Waals surface area (Å²) in [6, 6.07) is 0. The van der Waals surface area contributed by atoms with Crippen LogP contribution in [0.4, 0.5) is 0 Å². The minimum atomic E-state index is -1.50. The molecule has 0 unspecified atom stereocenters. The Bertz CT molecular complexity index is 28.4. The molecule has 0 aliphatic carbocycles. The first-order valence-corrected chi connectivity index (χ1v) is 1.45. The van der Waals surface area contributed by atoms with Gasteiger partial charge in [0.15, 0.2) is 5.79 Å². The Morgan fingerprint density at radius 2 is 1.33 bits per heavy atom. The molecule has 0 saturated heterocycles. The second-order valence-electron chi connectivity index (χ2n) is 1.49. The van der Waals surface area contributed by atoms with E-state index in [1.165, 1.54) is 13.8 Å². The van der Waals surface area contributed by atoms with Gasteiger partial charge < -0.3 is 11.6 Å². The van der Waals surface area contributed by atoms with E-state index < -0.39 is 5.79 Å². The van der Waals surface area contributed by atoms with Crippen molar-refractivity contribution in [3.05, 3.63) is 0 Å². The molecule has 0 aromatic rings. The van der Waals surface area contributed by atoms with Crippen molar-refractivity contribution in [3.63, 3.8) is 0 Å². The van der Waals surface area contributed by atoms with Crippen molar-refractivity contribution in [2.45, 2.75) is 19.6 Å². The van der Waals surface area contributed by atoms with E-state index in [9.17, 15) is 0 Å². The predicted molar refractivity (Wildman–Crippen MR) is 19.6 cm³/mol. The maximum absolute atomic E-state index is 8.08. The van der Waals surface area contributed by atoms with Gasteiger partial charge in [-0.1, -0.05) is 0 Å². The van der Waals surface area contributed by atoms with E-state index in [2.05, 4.69) is 0 Å². The number of hydrogen-bond donors (Lipinski definition) is 2. The van der Waals surface area contributed by atoms with Crippen LogP contribution in [-0.4, -0.2) is 16.0 Å². The Kier molecular flexibility index (Phi) is 5.00. The summed E-state index contributed by atoms with van der Waals surface area (Å²) in [5.74, 6) is -1.50. The summed E-state index contributed by atoms with van der Waals surface area (Å²) >= 11 is 0. The van der Waals surface area contributed by atoms with Gasteiger partial charge in [0.25, 0.3) is 0 Å². The van der Waals surface area contributed by atoms with Crippen molar-refractivity contribution in [2.24, 2.45) is 0 Å². The third kappa shape index (κ3) is 89.3. The van der Waals surface area contributed by atoms with Crippen LogP contribution in [0.25, 0.3) is 0 Å².